The van der Waals surface area contributed by atoms with Crippen molar-refractivity contribution in [1.82, 2.24) is 0 Å². The fourth-order valence-corrected chi connectivity index (χ4v) is 6.11. The Balaban J connectivity index is 1.52. The summed E-state index contributed by atoms with van der Waals surface area (Å²) in [5, 5.41) is 52.8. The van der Waals surface area contributed by atoms with Crippen LogP contribution in [0.1, 0.15) is 73.5 Å². The molecule has 6 rings (SSSR count). The number of hydrogen-bond acceptors (Lipinski definition) is 11. The van der Waals surface area contributed by atoms with Gasteiger partial charge in [-0.15, -0.1) is 0 Å². The van der Waals surface area contributed by atoms with Gasteiger partial charge in [0, 0.05) is 41.2 Å². The van der Waals surface area contributed by atoms with Crippen molar-refractivity contribution in [3.63, 3.8) is 0 Å². The average Bonchev–Trinajstić information content (AvgIpc) is 3.09. The molecule has 5 N–H and O–H groups in total. The Morgan fingerprint density at radius 3 is 2.24 bits per heavy atom. The summed E-state index contributed by atoms with van der Waals surface area (Å²) < 4.78 is 17.1. The minimum atomic E-state index is -1.71. The van der Waals surface area contributed by atoms with Gasteiger partial charge in [0.05, 0.1) is 18.3 Å². The Morgan fingerprint density at radius 1 is 0.816 bits per heavy atom. The topological polar surface area (TPSA) is 180 Å². The summed E-state index contributed by atoms with van der Waals surface area (Å²) in [6.45, 7) is 2.45. The zero-order valence-electron chi connectivity index (χ0n) is 26.6. The van der Waals surface area contributed by atoms with Gasteiger partial charge in [-0.1, -0.05) is 60.7 Å². The van der Waals surface area contributed by atoms with Crippen molar-refractivity contribution in [2.24, 2.45) is 0 Å². The van der Waals surface area contributed by atoms with Crippen LogP contribution in [0.2, 0.25) is 0 Å². The molecule has 1 fully saturated rings. The van der Waals surface area contributed by atoms with Crippen molar-refractivity contribution in [2.45, 2.75) is 57.6 Å². The largest absolute Gasteiger partial charge is 0.507 e. The van der Waals surface area contributed by atoms with E-state index in [-0.39, 0.29) is 57.9 Å². The third-order valence-corrected chi connectivity index (χ3v) is 8.62. The van der Waals surface area contributed by atoms with Crippen molar-refractivity contribution < 1.29 is 54.1 Å². The van der Waals surface area contributed by atoms with E-state index in [0.29, 0.717) is 11.1 Å². The number of aliphatic hydroxyl groups is 4. The fraction of sp³-hybridized carbons (Fsp3) is 0.237. The number of esters is 1. The minimum absolute atomic E-state index is 0.0183. The van der Waals surface area contributed by atoms with E-state index >= 15 is 0 Å². The number of aromatic hydroxyl groups is 1. The summed E-state index contributed by atoms with van der Waals surface area (Å²) >= 11 is 0. The molecule has 1 aliphatic carbocycles. The molecule has 0 spiro atoms. The maximum Gasteiger partial charge on any atom is 0.308 e. The van der Waals surface area contributed by atoms with Gasteiger partial charge in [-0.05, 0) is 47.9 Å². The summed E-state index contributed by atoms with van der Waals surface area (Å²) in [6, 6.07) is 20.1. The quantitative estimate of drug-likeness (QED) is 0.0929. The summed E-state index contributed by atoms with van der Waals surface area (Å²) in [5.41, 5.74) is 1.67. The van der Waals surface area contributed by atoms with Crippen LogP contribution in [-0.4, -0.2) is 73.8 Å². The van der Waals surface area contributed by atoms with Gasteiger partial charge in [-0.3, -0.25) is 14.4 Å². The van der Waals surface area contributed by atoms with E-state index in [0.717, 1.165) is 5.56 Å². The van der Waals surface area contributed by atoms with Crippen molar-refractivity contribution in [1.29, 1.82) is 0 Å². The molecule has 11 nitrogen and oxygen atoms in total. The Kier molecular flexibility index (Phi) is 9.46. The standard InChI is InChI=1S/C38H34O11/c1-19-32(41)36(45)37(46)38(47-19)49-29-17-27-31(34(43)26(29)16-22-9-6-10-23(15-22)18-39)33(42)25-13-14-28(48-20(2)40)24(30(25)35(27)44)12-11-21-7-4-3-5-8-21/h3-15,17,19,32,36-39,41,43,45-46H,16,18H2,1-2H3/b12-11+/t19-,32+,36+,37+,38+/m0/s1. The number of rotatable bonds is 8. The fourth-order valence-electron chi connectivity index (χ4n) is 6.11. The first kappa shape index (κ1) is 33.7. The summed E-state index contributed by atoms with van der Waals surface area (Å²) in [7, 11) is 0. The van der Waals surface area contributed by atoms with Crippen LogP contribution in [0.25, 0.3) is 12.2 Å². The highest BCUT2D eigenvalue weighted by molar-refractivity contribution is 6.31. The van der Waals surface area contributed by atoms with E-state index in [1.165, 1.54) is 32.0 Å². The van der Waals surface area contributed by atoms with Crippen molar-refractivity contribution in [3.05, 3.63) is 123 Å². The Hall–Kier alpha value is -5.17. The number of phenols is 1. The minimum Gasteiger partial charge on any atom is -0.507 e. The Labute approximate surface area is 281 Å². The van der Waals surface area contributed by atoms with Gasteiger partial charge in [0.25, 0.3) is 0 Å². The Bertz CT molecular complexity index is 1970. The molecule has 0 saturated carbocycles. The van der Waals surface area contributed by atoms with Crippen molar-refractivity contribution in [3.8, 4) is 17.2 Å². The number of hydrogen-bond donors (Lipinski definition) is 5. The predicted molar refractivity (Wildman–Crippen MR) is 176 cm³/mol. The molecule has 1 heterocycles. The lowest BCUT2D eigenvalue weighted by atomic mass is 9.79. The molecular weight excluding hydrogens is 632 g/mol. The number of carbonyl (C=O) groups excluding carboxylic acids is 3. The number of aliphatic hydroxyl groups excluding tert-OH is 4. The molecule has 0 amide bonds. The monoisotopic (exact) mass is 666 g/mol. The zero-order valence-corrected chi connectivity index (χ0v) is 26.6. The van der Waals surface area contributed by atoms with E-state index in [1.54, 1.807) is 36.4 Å². The first-order valence-corrected chi connectivity index (χ1v) is 15.6. The number of fused-ring (bicyclic) bond motifs is 2. The normalized spacial score (nSPS) is 21.7. The van der Waals surface area contributed by atoms with Crippen molar-refractivity contribution in [2.75, 3.05) is 0 Å². The first-order valence-electron chi connectivity index (χ1n) is 15.6. The zero-order chi connectivity index (χ0) is 35.0. The van der Waals surface area contributed by atoms with Crippen molar-refractivity contribution >= 4 is 29.7 Å². The van der Waals surface area contributed by atoms with Gasteiger partial charge in [0.1, 0.15) is 35.6 Å². The van der Waals surface area contributed by atoms with Crippen LogP contribution in [0.4, 0.5) is 0 Å². The molecular formula is C38H34O11. The van der Waals surface area contributed by atoms with Gasteiger partial charge >= 0.3 is 5.97 Å². The molecule has 4 aromatic carbocycles. The van der Waals surface area contributed by atoms with Crippen LogP contribution in [-0.2, 0) is 22.6 Å². The highest BCUT2D eigenvalue weighted by Crippen LogP contribution is 2.44. The lowest BCUT2D eigenvalue weighted by Gasteiger charge is -2.39. The second-order valence-corrected chi connectivity index (χ2v) is 12.0. The Morgan fingerprint density at radius 2 is 1.53 bits per heavy atom. The third-order valence-electron chi connectivity index (χ3n) is 8.62. The van der Waals surface area contributed by atoms with Crippen LogP contribution < -0.4 is 9.47 Å². The maximum absolute atomic E-state index is 14.4. The van der Waals surface area contributed by atoms with Gasteiger partial charge < -0.3 is 39.7 Å². The van der Waals surface area contributed by atoms with E-state index in [4.69, 9.17) is 14.2 Å². The number of benzene rings is 4. The lowest BCUT2D eigenvalue weighted by Crippen LogP contribution is -2.58. The van der Waals surface area contributed by atoms with E-state index < -0.39 is 54.0 Å². The van der Waals surface area contributed by atoms with E-state index in [9.17, 15) is 39.9 Å². The SMILES string of the molecule is CC(=O)Oc1ccc2c(c1/C=C/c1ccccc1)C(=O)c1cc(O[C@H]3O[C@@H](C)[C@@H](O)[C@@H](O)[C@H]3O)c(Cc3cccc(CO)c3)c(O)c1C2=O. The average molecular weight is 667 g/mol. The summed E-state index contributed by atoms with van der Waals surface area (Å²) in [6.07, 6.45) is -3.99. The molecule has 49 heavy (non-hydrogen) atoms. The number of phenolic OH excluding ortho intramolecular Hbond substituents is 1. The molecule has 1 saturated heterocycles. The van der Waals surface area contributed by atoms with Gasteiger partial charge in [-0.2, -0.15) is 0 Å². The van der Waals surface area contributed by atoms with Gasteiger partial charge in [0.15, 0.2) is 11.6 Å². The molecule has 0 radical (unpaired) electrons. The van der Waals surface area contributed by atoms with E-state index in [2.05, 4.69) is 0 Å². The molecule has 4 aromatic rings. The second kappa shape index (κ2) is 13.7. The number of carbonyl (C=O) groups is 3. The van der Waals surface area contributed by atoms with Gasteiger partial charge in [0.2, 0.25) is 6.29 Å². The summed E-state index contributed by atoms with van der Waals surface area (Å²) in [4.78, 5) is 40.6. The van der Waals surface area contributed by atoms with Crippen LogP contribution in [0.3, 0.4) is 0 Å². The first-order chi connectivity index (χ1) is 23.5. The molecule has 5 atom stereocenters. The molecule has 2 aliphatic rings. The predicted octanol–water partition coefficient (Wildman–Crippen LogP) is 3.55. The van der Waals surface area contributed by atoms with E-state index in [1.807, 2.05) is 30.3 Å². The highest BCUT2D eigenvalue weighted by Gasteiger charge is 2.44. The molecule has 1 aliphatic heterocycles. The molecule has 0 bridgehead atoms. The van der Waals surface area contributed by atoms with Crippen LogP contribution >= 0.6 is 0 Å². The third kappa shape index (κ3) is 6.50. The molecule has 252 valence electrons. The number of ketones is 2. The van der Waals surface area contributed by atoms with Gasteiger partial charge in [-0.25, -0.2) is 0 Å². The molecule has 11 heteroatoms. The second-order valence-electron chi connectivity index (χ2n) is 12.0. The molecule has 0 unspecified atom stereocenters. The smallest absolute Gasteiger partial charge is 0.308 e. The maximum atomic E-state index is 14.4. The lowest BCUT2D eigenvalue weighted by molar-refractivity contribution is -0.268. The van der Waals surface area contributed by atoms with Crippen LogP contribution in [0.15, 0.2) is 72.8 Å². The molecule has 0 aromatic heterocycles. The summed E-state index contributed by atoms with van der Waals surface area (Å²) in [5.74, 6) is -2.61. The number of ether oxygens (including phenoxy) is 3. The van der Waals surface area contributed by atoms with Crippen LogP contribution in [0, 0.1) is 0 Å². The highest BCUT2D eigenvalue weighted by atomic mass is 16.7. The van der Waals surface area contributed by atoms with Crippen LogP contribution in [0.5, 0.6) is 17.2 Å².